The lowest BCUT2D eigenvalue weighted by atomic mass is 10.3. The molecule has 2 heterocycles. The van der Waals surface area contributed by atoms with E-state index in [1.165, 1.54) is 6.42 Å². The molecule has 2 N–H and O–H groups in total. The van der Waals surface area contributed by atoms with Gasteiger partial charge in [0.05, 0.1) is 5.02 Å². The van der Waals surface area contributed by atoms with Crippen molar-refractivity contribution in [2.24, 2.45) is 10.9 Å². The van der Waals surface area contributed by atoms with Gasteiger partial charge in [0.1, 0.15) is 5.82 Å². The lowest BCUT2D eigenvalue weighted by Crippen LogP contribution is -2.45. The molecular formula is C15H23ClIN5. The third kappa shape index (κ3) is 4.16. The summed E-state index contributed by atoms with van der Waals surface area (Å²) in [7, 11) is 1.82. The molecule has 1 saturated carbocycles. The van der Waals surface area contributed by atoms with Crippen LogP contribution in [-0.2, 0) is 0 Å². The SMILES string of the molecule is CN=C(NC1CCN(c2ncccc2Cl)C1)NC1CC1C.I. The Hall–Kier alpha value is -0.760. The van der Waals surface area contributed by atoms with E-state index in [1.54, 1.807) is 6.20 Å². The Kier molecular flexibility index (Phi) is 6.14. The van der Waals surface area contributed by atoms with Crippen molar-refractivity contribution in [3.8, 4) is 0 Å². The molecule has 7 heteroatoms. The zero-order chi connectivity index (χ0) is 14.8. The number of pyridine rings is 1. The van der Waals surface area contributed by atoms with Gasteiger partial charge >= 0.3 is 0 Å². The second-order valence-electron chi connectivity index (χ2n) is 5.92. The molecular weight excluding hydrogens is 413 g/mol. The lowest BCUT2D eigenvalue weighted by Gasteiger charge is -2.20. The fourth-order valence-corrected chi connectivity index (χ4v) is 2.98. The van der Waals surface area contributed by atoms with Gasteiger partial charge in [-0.05, 0) is 30.9 Å². The molecule has 22 heavy (non-hydrogen) atoms. The molecule has 3 atom stereocenters. The van der Waals surface area contributed by atoms with Gasteiger partial charge in [-0.2, -0.15) is 0 Å². The maximum Gasteiger partial charge on any atom is 0.191 e. The summed E-state index contributed by atoms with van der Waals surface area (Å²) in [6.07, 6.45) is 4.09. The van der Waals surface area contributed by atoms with E-state index in [9.17, 15) is 0 Å². The predicted molar refractivity (Wildman–Crippen MR) is 102 cm³/mol. The summed E-state index contributed by atoms with van der Waals surface area (Å²) in [5.41, 5.74) is 0. The number of halogens is 2. The van der Waals surface area contributed by atoms with Gasteiger partial charge in [-0.1, -0.05) is 18.5 Å². The van der Waals surface area contributed by atoms with Crippen LogP contribution >= 0.6 is 35.6 Å². The summed E-state index contributed by atoms with van der Waals surface area (Å²) in [5, 5.41) is 7.68. The van der Waals surface area contributed by atoms with E-state index in [1.807, 2.05) is 19.2 Å². The number of rotatable bonds is 3. The Bertz CT molecular complexity index is 538. The molecule has 1 saturated heterocycles. The third-order valence-electron chi connectivity index (χ3n) is 4.22. The molecule has 0 spiro atoms. The first-order valence-electron chi connectivity index (χ1n) is 7.52. The minimum Gasteiger partial charge on any atom is -0.353 e. The molecule has 0 radical (unpaired) electrons. The maximum absolute atomic E-state index is 6.22. The lowest BCUT2D eigenvalue weighted by molar-refractivity contribution is 0.643. The Morgan fingerprint density at radius 2 is 2.23 bits per heavy atom. The van der Waals surface area contributed by atoms with E-state index < -0.39 is 0 Å². The number of anilines is 1. The summed E-state index contributed by atoms with van der Waals surface area (Å²) < 4.78 is 0. The summed E-state index contributed by atoms with van der Waals surface area (Å²) in [6.45, 7) is 4.12. The van der Waals surface area contributed by atoms with Crippen LogP contribution in [0.4, 0.5) is 5.82 Å². The molecule has 122 valence electrons. The van der Waals surface area contributed by atoms with Crippen molar-refractivity contribution in [1.29, 1.82) is 0 Å². The predicted octanol–water partition coefficient (Wildman–Crippen LogP) is 2.51. The van der Waals surface area contributed by atoms with E-state index in [0.717, 1.165) is 37.2 Å². The molecule has 5 nitrogen and oxygen atoms in total. The second-order valence-corrected chi connectivity index (χ2v) is 6.33. The number of hydrogen-bond acceptors (Lipinski definition) is 3. The quantitative estimate of drug-likeness (QED) is 0.435. The van der Waals surface area contributed by atoms with Crippen LogP contribution in [0.5, 0.6) is 0 Å². The van der Waals surface area contributed by atoms with Crippen molar-refractivity contribution >= 4 is 47.4 Å². The number of hydrogen-bond donors (Lipinski definition) is 2. The van der Waals surface area contributed by atoms with Gasteiger partial charge in [0, 0.05) is 38.4 Å². The van der Waals surface area contributed by atoms with Crippen LogP contribution in [-0.4, -0.2) is 43.2 Å². The molecule has 1 aromatic rings. The van der Waals surface area contributed by atoms with Gasteiger partial charge in [0.25, 0.3) is 0 Å². The van der Waals surface area contributed by atoms with Crippen molar-refractivity contribution in [2.45, 2.75) is 31.8 Å². The zero-order valence-electron chi connectivity index (χ0n) is 12.9. The highest BCUT2D eigenvalue weighted by molar-refractivity contribution is 14.0. The molecule has 1 aliphatic carbocycles. The van der Waals surface area contributed by atoms with E-state index >= 15 is 0 Å². The third-order valence-corrected chi connectivity index (χ3v) is 4.52. The van der Waals surface area contributed by atoms with Crippen LogP contribution in [0.25, 0.3) is 0 Å². The van der Waals surface area contributed by atoms with Crippen molar-refractivity contribution in [2.75, 3.05) is 25.0 Å². The average molecular weight is 436 g/mol. The summed E-state index contributed by atoms with van der Waals surface area (Å²) >= 11 is 6.22. The van der Waals surface area contributed by atoms with Crippen LogP contribution in [0.15, 0.2) is 23.3 Å². The standard InChI is InChI=1S/C15H22ClN5.HI/c1-10-8-13(10)20-15(17-2)19-11-5-7-21(9-11)14-12(16)4-3-6-18-14;/h3-4,6,10-11,13H,5,7-9H2,1-2H3,(H2,17,19,20);1H. The van der Waals surface area contributed by atoms with Crippen LogP contribution < -0.4 is 15.5 Å². The molecule has 0 bridgehead atoms. The number of nitrogens with one attached hydrogen (secondary N) is 2. The van der Waals surface area contributed by atoms with Crippen LogP contribution in [0.1, 0.15) is 19.8 Å². The fourth-order valence-electron chi connectivity index (χ4n) is 2.74. The van der Waals surface area contributed by atoms with E-state index in [-0.39, 0.29) is 24.0 Å². The van der Waals surface area contributed by atoms with Crippen molar-refractivity contribution < 1.29 is 0 Å². The van der Waals surface area contributed by atoms with Gasteiger partial charge in [-0.25, -0.2) is 4.98 Å². The Balaban J connectivity index is 0.00000176. The zero-order valence-corrected chi connectivity index (χ0v) is 16.0. The highest BCUT2D eigenvalue weighted by Gasteiger charge is 2.34. The molecule has 0 aromatic carbocycles. The largest absolute Gasteiger partial charge is 0.353 e. The van der Waals surface area contributed by atoms with E-state index in [4.69, 9.17) is 11.6 Å². The minimum absolute atomic E-state index is 0. The van der Waals surface area contributed by atoms with Crippen molar-refractivity contribution in [3.63, 3.8) is 0 Å². The summed E-state index contributed by atoms with van der Waals surface area (Å²) in [4.78, 5) is 10.9. The molecule has 1 aliphatic heterocycles. The molecule has 2 aliphatic rings. The second kappa shape index (κ2) is 7.68. The molecule has 3 unspecified atom stereocenters. The Morgan fingerprint density at radius 3 is 2.86 bits per heavy atom. The topological polar surface area (TPSA) is 52.6 Å². The number of nitrogens with zero attached hydrogens (tertiary/aromatic N) is 3. The van der Waals surface area contributed by atoms with Crippen LogP contribution in [0, 0.1) is 5.92 Å². The van der Waals surface area contributed by atoms with E-state index in [2.05, 4.69) is 32.4 Å². The first-order valence-corrected chi connectivity index (χ1v) is 7.90. The number of aromatic nitrogens is 1. The highest BCUT2D eigenvalue weighted by Crippen LogP contribution is 2.29. The minimum atomic E-state index is 0. The smallest absolute Gasteiger partial charge is 0.191 e. The molecule has 1 aromatic heterocycles. The maximum atomic E-state index is 6.22. The summed E-state index contributed by atoms with van der Waals surface area (Å²) in [5.74, 6) is 2.54. The monoisotopic (exact) mass is 435 g/mol. The van der Waals surface area contributed by atoms with Gasteiger partial charge in [-0.15, -0.1) is 24.0 Å². The Labute approximate surface area is 153 Å². The normalized spacial score (nSPS) is 27.3. The molecule has 0 amide bonds. The van der Waals surface area contributed by atoms with Gasteiger partial charge in [0.15, 0.2) is 5.96 Å². The van der Waals surface area contributed by atoms with Crippen molar-refractivity contribution in [3.05, 3.63) is 23.4 Å². The van der Waals surface area contributed by atoms with Gasteiger partial charge in [-0.3, -0.25) is 4.99 Å². The van der Waals surface area contributed by atoms with Gasteiger partial charge in [0.2, 0.25) is 0 Å². The average Bonchev–Trinajstić information content (AvgIpc) is 2.99. The Morgan fingerprint density at radius 1 is 1.45 bits per heavy atom. The number of guanidine groups is 1. The van der Waals surface area contributed by atoms with E-state index in [0.29, 0.717) is 17.1 Å². The summed E-state index contributed by atoms with van der Waals surface area (Å²) in [6, 6.07) is 4.71. The molecule has 2 fully saturated rings. The fraction of sp³-hybridized carbons (Fsp3) is 0.600. The van der Waals surface area contributed by atoms with Crippen LogP contribution in [0.2, 0.25) is 5.02 Å². The molecule has 3 rings (SSSR count). The first-order chi connectivity index (χ1) is 10.2. The van der Waals surface area contributed by atoms with Crippen LogP contribution in [0.3, 0.4) is 0 Å². The first kappa shape index (κ1) is 17.6. The highest BCUT2D eigenvalue weighted by atomic mass is 127. The number of aliphatic imine (C=N–C) groups is 1. The van der Waals surface area contributed by atoms with Crippen molar-refractivity contribution in [1.82, 2.24) is 15.6 Å². The van der Waals surface area contributed by atoms with Gasteiger partial charge < -0.3 is 15.5 Å².